The molecule has 0 saturated heterocycles. The van der Waals surface area contributed by atoms with Gasteiger partial charge >= 0.3 is 0 Å². The Labute approximate surface area is 114 Å². The van der Waals surface area contributed by atoms with E-state index in [1.54, 1.807) is 18.2 Å². The maximum atomic E-state index is 13.4. The van der Waals surface area contributed by atoms with E-state index >= 15 is 0 Å². The molecular weight excluding hydrogens is 263 g/mol. The molecule has 0 aliphatic carbocycles. The maximum Gasteiger partial charge on any atom is 0.176 e. The van der Waals surface area contributed by atoms with Crippen molar-refractivity contribution in [2.45, 2.75) is 5.03 Å². The van der Waals surface area contributed by atoms with E-state index in [0.717, 1.165) is 0 Å². The number of carbonyl (C=O) groups excluding carboxylic acids is 1. The van der Waals surface area contributed by atoms with E-state index in [2.05, 4.69) is 4.98 Å². The number of nitrogens with zero attached hydrogens (tertiary/aromatic N) is 2. The summed E-state index contributed by atoms with van der Waals surface area (Å²) in [6.07, 6.45) is 1.51. The predicted octanol–water partition coefficient (Wildman–Crippen LogP) is 3.07. The quantitative estimate of drug-likeness (QED) is 0.634. The van der Waals surface area contributed by atoms with Crippen LogP contribution in [0, 0.1) is 17.1 Å². The molecule has 1 aromatic carbocycles. The lowest BCUT2D eigenvalue weighted by atomic mass is 10.1. The fraction of sp³-hybridized carbons (Fsp3) is 0.0714. The van der Waals surface area contributed by atoms with E-state index in [4.69, 9.17) is 5.26 Å². The number of benzene rings is 1. The molecule has 3 nitrogen and oxygen atoms in total. The van der Waals surface area contributed by atoms with Crippen molar-refractivity contribution in [2.75, 3.05) is 5.75 Å². The van der Waals surface area contributed by atoms with Gasteiger partial charge in [-0.1, -0.05) is 23.9 Å². The van der Waals surface area contributed by atoms with E-state index in [1.807, 2.05) is 6.07 Å². The maximum absolute atomic E-state index is 13.4. The van der Waals surface area contributed by atoms with Crippen LogP contribution < -0.4 is 0 Å². The van der Waals surface area contributed by atoms with Gasteiger partial charge in [0, 0.05) is 6.20 Å². The molecule has 1 aromatic heterocycles. The topological polar surface area (TPSA) is 53.8 Å². The van der Waals surface area contributed by atoms with Crippen LogP contribution >= 0.6 is 11.8 Å². The Morgan fingerprint density at radius 3 is 2.89 bits per heavy atom. The van der Waals surface area contributed by atoms with Gasteiger partial charge < -0.3 is 0 Å². The van der Waals surface area contributed by atoms with E-state index < -0.39 is 5.82 Å². The van der Waals surface area contributed by atoms with Gasteiger partial charge in [0.05, 0.1) is 28.0 Å². The minimum Gasteiger partial charge on any atom is -0.293 e. The number of thioether (sulfide) groups is 1. The van der Waals surface area contributed by atoms with Crippen LogP contribution in [0.3, 0.4) is 0 Å². The van der Waals surface area contributed by atoms with Crippen molar-refractivity contribution in [3.05, 3.63) is 59.5 Å². The number of pyridine rings is 1. The highest BCUT2D eigenvalue weighted by Crippen LogP contribution is 2.18. The number of Topliss-reactive ketones (excluding diaryl/α,β-unsaturated/α-hetero) is 1. The van der Waals surface area contributed by atoms with Crippen LogP contribution in [0.15, 0.2) is 47.6 Å². The van der Waals surface area contributed by atoms with Crippen LogP contribution in [0.1, 0.15) is 15.9 Å². The molecule has 19 heavy (non-hydrogen) atoms. The molecule has 0 radical (unpaired) electrons. The average molecular weight is 272 g/mol. The molecule has 0 unspecified atom stereocenters. The highest BCUT2D eigenvalue weighted by atomic mass is 32.2. The molecule has 1 heterocycles. The van der Waals surface area contributed by atoms with Crippen LogP contribution in [0.5, 0.6) is 0 Å². The third kappa shape index (κ3) is 3.39. The number of rotatable bonds is 4. The molecule has 0 spiro atoms. The molecule has 0 fully saturated rings. The molecular formula is C14H9FN2OS. The molecule has 0 atom stereocenters. The van der Waals surface area contributed by atoms with E-state index in [0.29, 0.717) is 10.6 Å². The zero-order chi connectivity index (χ0) is 13.7. The molecule has 0 amide bonds. The van der Waals surface area contributed by atoms with Gasteiger partial charge in [0.2, 0.25) is 0 Å². The monoisotopic (exact) mass is 272 g/mol. The van der Waals surface area contributed by atoms with Crippen molar-refractivity contribution < 1.29 is 9.18 Å². The van der Waals surface area contributed by atoms with Gasteiger partial charge in [0.1, 0.15) is 5.82 Å². The van der Waals surface area contributed by atoms with Crippen LogP contribution in [0.4, 0.5) is 4.39 Å². The fourth-order valence-corrected chi connectivity index (χ4v) is 2.24. The number of aromatic nitrogens is 1. The Balaban J connectivity index is 2.05. The van der Waals surface area contributed by atoms with Crippen molar-refractivity contribution in [3.63, 3.8) is 0 Å². The standard InChI is InChI=1S/C14H9FN2OS/c15-12-4-2-1-3-11(12)13(18)9-19-14-7-10(8-16)5-6-17-14/h1-7H,9H2. The van der Waals surface area contributed by atoms with Gasteiger partial charge in [-0.05, 0) is 24.3 Å². The van der Waals surface area contributed by atoms with Gasteiger partial charge in [-0.3, -0.25) is 4.79 Å². The molecule has 2 aromatic rings. The summed E-state index contributed by atoms with van der Waals surface area (Å²) < 4.78 is 13.4. The summed E-state index contributed by atoms with van der Waals surface area (Å²) in [6, 6.07) is 11.1. The Bertz CT molecular complexity index is 652. The van der Waals surface area contributed by atoms with Gasteiger partial charge in [-0.2, -0.15) is 5.26 Å². The first-order valence-corrected chi connectivity index (χ1v) is 6.46. The number of ketones is 1. The van der Waals surface area contributed by atoms with Gasteiger partial charge in [0.15, 0.2) is 5.78 Å². The van der Waals surface area contributed by atoms with Crippen molar-refractivity contribution in [1.82, 2.24) is 4.98 Å². The highest BCUT2D eigenvalue weighted by molar-refractivity contribution is 7.99. The summed E-state index contributed by atoms with van der Waals surface area (Å²) in [4.78, 5) is 15.9. The number of halogens is 1. The SMILES string of the molecule is N#Cc1ccnc(SCC(=O)c2ccccc2F)c1. The fourth-order valence-electron chi connectivity index (χ4n) is 1.46. The summed E-state index contributed by atoms with van der Waals surface area (Å²) in [6.45, 7) is 0. The second-order valence-corrected chi connectivity index (χ2v) is 4.68. The summed E-state index contributed by atoms with van der Waals surface area (Å²) in [5, 5.41) is 9.32. The Kier molecular flexibility index (Phi) is 4.26. The van der Waals surface area contributed by atoms with Crippen molar-refractivity contribution in [3.8, 4) is 6.07 Å². The Hall–Kier alpha value is -2.19. The average Bonchev–Trinajstić information content (AvgIpc) is 2.45. The van der Waals surface area contributed by atoms with E-state index in [1.165, 1.54) is 36.2 Å². The molecule has 94 valence electrons. The van der Waals surface area contributed by atoms with Gasteiger partial charge in [-0.25, -0.2) is 9.37 Å². The Morgan fingerprint density at radius 1 is 1.37 bits per heavy atom. The predicted molar refractivity (Wildman–Crippen MR) is 70.4 cm³/mol. The minimum absolute atomic E-state index is 0.0754. The molecule has 0 aliphatic rings. The van der Waals surface area contributed by atoms with Crippen molar-refractivity contribution in [1.29, 1.82) is 5.26 Å². The van der Waals surface area contributed by atoms with Gasteiger partial charge in [-0.15, -0.1) is 0 Å². The summed E-state index contributed by atoms with van der Waals surface area (Å²) in [7, 11) is 0. The number of hydrogen-bond acceptors (Lipinski definition) is 4. The van der Waals surface area contributed by atoms with Crippen molar-refractivity contribution in [2.24, 2.45) is 0 Å². The first-order valence-electron chi connectivity index (χ1n) is 5.47. The lowest BCUT2D eigenvalue weighted by Crippen LogP contribution is -2.05. The number of carbonyl (C=O) groups is 1. The van der Waals surface area contributed by atoms with Crippen LogP contribution in [-0.2, 0) is 0 Å². The second-order valence-electron chi connectivity index (χ2n) is 3.69. The molecule has 0 aliphatic heterocycles. The third-order valence-electron chi connectivity index (χ3n) is 2.39. The molecule has 0 N–H and O–H groups in total. The lowest BCUT2D eigenvalue weighted by Gasteiger charge is -2.02. The number of nitriles is 1. The zero-order valence-corrected chi connectivity index (χ0v) is 10.7. The summed E-state index contributed by atoms with van der Waals surface area (Å²) >= 11 is 1.18. The summed E-state index contributed by atoms with van der Waals surface area (Å²) in [5.74, 6) is -0.734. The third-order valence-corrected chi connectivity index (χ3v) is 3.31. The van der Waals surface area contributed by atoms with E-state index in [-0.39, 0.29) is 17.1 Å². The lowest BCUT2D eigenvalue weighted by molar-refractivity contribution is 0.101. The molecule has 0 bridgehead atoms. The first kappa shape index (κ1) is 13.2. The van der Waals surface area contributed by atoms with E-state index in [9.17, 15) is 9.18 Å². The number of hydrogen-bond donors (Lipinski definition) is 0. The second kappa shape index (κ2) is 6.12. The van der Waals surface area contributed by atoms with Crippen LogP contribution in [0.2, 0.25) is 0 Å². The largest absolute Gasteiger partial charge is 0.293 e. The highest BCUT2D eigenvalue weighted by Gasteiger charge is 2.11. The first-order chi connectivity index (χ1) is 9.20. The minimum atomic E-state index is -0.521. The molecule has 5 heteroatoms. The molecule has 0 saturated carbocycles. The molecule has 2 rings (SSSR count). The van der Waals surface area contributed by atoms with Crippen molar-refractivity contribution >= 4 is 17.5 Å². The van der Waals surface area contributed by atoms with Crippen LogP contribution in [-0.4, -0.2) is 16.5 Å². The zero-order valence-electron chi connectivity index (χ0n) is 9.84. The van der Waals surface area contributed by atoms with Gasteiger partial charge in [0.25, 0.3) is 0 Å². The normalized spacial score (nSPS) is 9.89. The summed E-state index contributed by atoms with van der Waals surface area (Å²) in [5.41, 5.74) is 0.558. The van der Waals surface area contributed by atoms with Crippen LogP contribution in [0.25, 0.3) is 0 Å². The Morgan fingerprint density at radius 2 is 2.16 bits per heavy atom. The smallest absolute Gasteiger partial charge is 0.176 e.